The normalized spacial score (nSPS) is 12.6. The highest BCUT2D eigenvalue weighted by Crippen LogP contribution is 2.27. The van der Waals surface area contributed by atoms with Crippen LogP contribution in [0.2, 0.25) is 5.02 Å². The SMILES string of the molecule is COCC(C)N(C)c1cc(Cl)ccc1CBr. The summed E-state index contributed by atoms with van der Waals surface area (Å²) in [7, 11) is 3.77. The molecule has 0 radical (unpaired) electrons. The van der Waals surface area contributed by atoms with Crippen molar-refractivity contribution in [3.63, 3.8) is 0 Å². The van der Waals surface area contributed by atoms with Gasteiger partial charge in [0.05, 0.1) is 6.61 Å². The van der Waals surface area contributed by atoms with Gasteiger partial charge < -0.3 is 9.64 Å². The van der Waals surface area contributed by atoms with Crippen LogP contribution in [0.25, 0.3) is 0 Å². The molecule has 0 aliphatic rings. The Labute approximate surface area is 111 Å². The number of alkyl halides is 1. The van der Waals surface area contributed by atoms with E-state index in [1.807, 2.05) is 18.2 Å². The molecular weight excluding hydrogens is 289 g/mol. The fourth-order valence-corrected chi connectivity index (χ4v) is 2.21. The van der Waals surface area contributed by atoms with Gasteiger partial charge in [-0.1, -0.05) is 33.6 Å². The van der Waals surface area contributed by atoms with Crippen molar-refractivity contribution in [1.29, 1.82) is 0 Å². The lowest BCUT2D eigenvalue weighted by atomic mass is 10.1. The van der Waals surface area contributed by atoms with Crippen LogP contribution >= 0.6 is 27.5 Å². The molecule has 0 aromatic heterocycles. The van der Waals surface area contributed by atoms with Crippen LogP contribution in [-0.4, -0.2) is 26.8 Å². The maximum Gasteiger partial charge on any atom is 0.0663 e. The molecule has 1 aromatic rings. The summed E-state index contributed by atoms with van der Waals surface area (Å²) in [6, 6.07) is 6.27. The second kappa shape index (κ2) is 6.48. The quantitative estimate of drug-likeness (QED) is 0.769. The third kappa shape index (κ3) is 3.37. The van der Waals surface area contributed by atoms with Crippen molar-refractivity contribution in [3.8, 4) is 0 Å². The van der Waals surface area contributed by atoms with Gasteiger partial charge >= 0.3 is 0 Å². The molecule has 0 spiro atoms. The highest BCUT2D eigenvalue weighted by atomic mass is 79.9. The lowest BCUT2D eigenvalue weighted by Gasteiger charge is -2.28. The molecule has 2 nitrogen and oxygen atoms in total. The molecule has 0 aliphatic heterocycles. The highest BCUT2D eigenvalue weighted by molar-refractivity contribution is 9.08. The smallest absolute Gasteiger partial charge is 0.0663 e. The second-order valence-electron chi connectivity index (χ2n) is 3.82. The summed E-state index contributed by atoms with van der Waals surface area (Å²) in [5.74, 6) is 0. The molecule has 0 heterocycles. The van der Waals surface area contributed by atoms with E-state index in [-0.39, 0.29) is 0 Å². The second-order valence-corrected chi connectivity index (χ2v) is 4.82. The van der Waals surface area contributed by atoms with E-state index in [4.69, 9.17) is 16.3 Å². The van der Waals surface area contributed by atoms with Gasteiger partial charge in [0.1, 0.15) is 0 Å². The van der Waals surface area contributed by atoms with Crippen LogP contribution in [0, 0.1) is 0 Å². The predicted molar refractivity (Wildman–Crippen MR) is 73.8 cm³/mol. The Morgan fingerprint density at radius 2 is 2.19 bits per heavy atom. The molecule has 90 valence electrons. The van der Waals surface area contributed by atoms with Crippen LogP contribution in [-0.2, 0) is 10.1 Å². The highest BCUT2D eigenvalue weighted by Gasteiger charge is 2.13. The van der Waals surface area contributed by atoms with Gasteiger partial charge in [0, 0.05) is 36.2 Å². The Hall–Kier alpha value is -0.250. The topological polar surface area (TPSA) is 12.5 Å². The fraction of sp³-hybridized carbons (Fsp3) is 0.500. The van der Waals surface area contributed by atoms with Crippen LogP contribution in [0.3, 0.4) is 0 Å². The first-order valence-electron chi connectivity index (χ1n) is 5.16. The Kier molecular flexibility index (Phi) is 5.59. The maximum atomic E-state index is 6.03. The maximum absolute atomic E-state index is 6.03. The van der Waals surface area contributed by atoms with E-state index in [1.54, 1.807) is 7.11 Å². The molecule has 1 atom stereocenters. The number of halogens is 2. The van der Waals surface area contributed by atoms with Crippen LogP contribution in [0.1, 0.15) is 12.5 Å². The van der Waals surface area contributed by atoms with Crippen molar-refractivity contribution in [1.82, 2.24) is 0 Å². The van der Waals surface area contributed by atoms with Gasteiger partial charge in [0.25, 0.3) is 0 Å². The van der Waals surface area contributed by atoms with Crippen molar-refractivity contribution >= 4 is 33.2 Å². The van der Waals surface area contributed by atoms with Gasteiger partial charge in [-0.2, -0.15) is 0 Å². The minimum absolute atomic E-state index is 0.321. The predicted octanol–water partition coefficient (Wildman–Crippen LogP) is 3.71. The standard InChI is InChI=1S/C12H17BrClNO/c1-9(8-16-3)15(2)12-6-11(14)5-4-10(12)7-13/h4-6,9H,7-8H2,1-3H3. The first-order valence-corrected chi connectivity index (χ1v) is 6.66. The zero-order chi connectivity index (χ0) is 12.1. The van der Waals surface area contributed by atoms with E-state index in [0.29, 0.717) is 12.6 Å². The molecule has 16 heavy (non-hydrogen) atoms. The summed E-state index contributed by atoms with van der Waals surface area (Å²) < 4.78 is 5.16. The largest absolute Gasteiger partial charge is 0.383 e. The van der Waals surface area contributed by atoms with Crippen molar-refractivity contribution in [2.75, 3.05) is 25.7 Å². The molecule has 0 N–H and O–H groups in total. The third-order valence-electron chi connectivity index (χ3n) is 2.64. The number of hydrogen-bond acceptors (Lipinski definition) is 2. The number of ether oxygens (including phenoxy) is 1. The average molecular weight is 307 g/mol. The number of rotatable bonds is 5. The Morgan fingerprint density at radius 1 is 1.50 bits per heavy atom. The zero-order valence-electron chi connectivity index (χ0n) is 9.84. The van der Waals surface area contributed by atoms with Crippen molar-refractivity contribution < 1.29 is 4.74 Å². The summed E-state index contributed by atoms with van der Waals surface area (Å²) in [5.41, 5.74) is 2.38. The summed E-state index contributed by atoms with van der Waals surface area (Å²) in [6.45, 7) is 2.83. The van der Waals surface area contributed by atoms with Gasteiger partial charge in [-0.15, -0.1) is 0 Å². The summed E-state index contributed by atoms with van der Waals surface area (Å²) >= 11 is 9.51. The van der Waals surface area contributed by atoms with Crippen LogP contribution in [0.4, 0.5) is 5.69 Å². The third-order valence-corrected chi connectivity index (χ3v) is 3.48. The molecule has 0 saturated heterocycles. The number of nitrogens with zero attached hydrogens (tertiary/aromatic N) is 1. The van der Waals surface area contributed by atoms with E-state index < -0.39 is 0 Å². The van der Waals surface area contributed by atoms with Gasteiger partial charge in [-0.25, -0.2) is 0 Å². The van der Waals surface area contributed by atoms with E-state index in [2.05, 4.69) is 34.8 Å². The molecule has 0 bridgehead atoms. The zero-order valence-corrected chi connectivity index (χ0v) is 12.2. The first kappa shape index (κ1) is 13.8. The minimum atomic E-state index is 0.321. The van der Waals surface area contributed by atoms with Crippen molar-refractivity contribution in [3.05, 3.63) is 28.8 Å². The van der Waals surface area contributed by atoms with Gasteiger partial charge in [0.15, 0.2) is 0 Å². The van der Waals surface area contributed by atoms with Crippen LogP contribution < -0.4 is 4.90 Å². The van der Waals surface area contributed by atoms with E-state index in [9.17, 15) is 0 Å². The molecule has 0 aliphatic carbocycles. The summed E-state index contributed by atoms with van der Waals surface area (Å²) in [6.07, 6.45) is 0. The van der Waals surface area contributed by atoms with Crippen LogP contribution in [0.5, 0.6) is 0 Å². The van der Waals surface area contributed by atoms with Crippen molar-refractivity contribution in [2.24, 2.45) is 0 Å². The van der Waals surface area contributed by atoms with Gasteiger partial charge in [0.2, 0.25) is 0 Å². The van der Waals surface area contributed by atoms with Gasteiger partial charge in [-0.3, -0.25) is 0 Å². The summed E-state index contributed by atoms with van der Waals surface area (Å²) in [4.78, 5) is 2.19. The number of methoxy groups -OCH3 is 1. The molecule has 1 rings (SSSR count). The average Bonchev–Trinajstić information content (AvgIpc) is 2.28. The molecule has 4 heteroatoms. The minimum Gasteiger partial charge on any atom is -0.383 e. The number of hydrogen-bond donors (Lipinski definition) is 0. The molecule has 0 amide bonds. The van der Waals surface area contributed by atoms with Crippen molar-refractivity contribution in [2.45, 2.75) is 18.3 Å². The number of anilines is 1. The number of likely N-dealkylation sites (N-methyl/N-ethyl adjacent to an activating group) is 1. The Morgan fingerprint density at radius 3 is 2.75 bits per heavy atom. The van der Waals surface area contributed by atoms with E-state index >= 15 is 0 Å². The lowest BCUT2D eigenvalue weighted by molar-refractivity contribution is 0.183. The molecule has 1 aromatic carbocycles. The Bertz CT molecular complexity index is 346. The Balaban J connectivity index is 2.96. The van der Waals surface area contributed by atoms with E-state index in [1.165, 1.54) is 5.56 Å². The van der Waals surface area contributed by atoms with Gasteiger partial charge in [-0.05, 0) is 24.6 Å². The van der Waals surface area contributed by atoms with E-state index in [0.717, 1.165) is 16.0 Å². The summed E-state index contributed by atoms with van der Waals surface area (Å²) in [5, 5.41) is 1.58. The van der Waals surface area contributed by atoms with Crippen LogP contribution in [0.15, 0.2) is 18.2 Å². The fourth-order valence-electron chi connectivity index (χ4n) is 1.57. The molecule has 1 unspecified atom stereocenters. The monoisotopic (exact) mass is 305 g/mol. The molecule has 0 fully saturated rings. The molecule has 0 saturated carbocycles. The first-order chi connectivity index (χ1) is 7.60. The number of benzene rings is 1. The molecular formula is C12H17BrClNO. The lowest BCUT2D eigenvalue weighted by Crippen LogP contribution is -2.33.